The van der Waals surface area contributed by atoms with Crippen molar-refractivity contribution >= 4 is 5.91 Å². The Kier molecular flexibility index (Phi) is 2.48. The van der Waals surface area contributed by atoms with Crippen molar-refractivity contribution in [2.24, 2.45) is 5.41 Å². The Bertz CT molecular complexity index is 508. The second kappa shape index (κ2) is 4.02. The zero-order chi connectivity index (χ0) is 12.6. The first-order valence-electron chi connectivity index (χ1n) is 6.24. The zero-order valence-corrected chi connectivity index (χ0v) is 10.1. The highest BCUT2D eigenvalue weighted by atomic mass is 16.2. The van der Waals surface area contributed by atoms with Crippen molar-refractivity contribution in [2.75, 3.05) is 13.1 Å². The van der Waals surface area contributed by atoms with Gasteiger partial charge in [0, 0.05) is 13.1 Å². The van der Waals surface area contributed by atoms with Crippen LogP contribution in [0, 0.1) is 16.9 Å². The molecule has 4 heteroatoms. The van der Waals surface area contributed by atoms with E-state index in [9.17, 15) is 4.79 Å². The molecule has 1 spiro atoms. The summed E-state index contributed by atoms with van der Waals surface area (Å²) in [5, 5.41) is 12.0. The number of hydrogen-bond donors (Lipinski definition) is 1. The van der Waals surface area contributed by atoms with E-state index in [4.69, 9.17) is 5.26 Å². The number of nitriles is 1. The molecule has 0 aliphatic carbocycles. The first-order chi connectivity index (χ1) is 8.73. The largest absolute Gasteiger partial charge is 0.349 e. The van der Waals surface area contributed by atoms with Gasteiger partial charge in [0.2, 0.25) is 5.91 Å². The van der Waals surface area contributed by atoms with Crippen molar-refractivity contribution in [1.29, 1.82) is 5.26 Å². The van der Waals surface area contributed by atoms with E-state index >= 15 is 0 Å². The maximum Gasteiger partial charge on any atom is 0.228 e. The standard InChI is InChI=1S/C14H15N3O/c15-10-17-7-6-14(9-17)8-12(16-13(14)18)11-4-2-1-3-5-11/h1-5,12H,6-9H2,(H,16,18)/t12?,14-/m1/s1. The average molecular weight is 241 g/mol. The number of hydrogen-bond acceptors (Lipinski definition) is 3. The lowest BCUT2D eigenvalue weighted by Crippen LogP contribution is -2.33. The SMILES string of the molecule is N#CN1CC[C@@]2(CC(c3ccccc3)NC2=O)C1. The van der Waals surface area contributed by atoms with Gasteiger partial charge in [0.25, 0.3) is 0 Å². The topological polar surface area (TPSA) is 56.1 Å². The van der Waals surface area contributed by atoms with Gasteiger partial charge in [-0.05, 0) is 18.4 Å². The molecule has 0 aromatic heterocycles. The fourth-order valence-corrected chi connectivity index (χ4v) is 3.04. The Hall–Kier alpha value is -2.02. The smallest absolute Gasteiger partial charge is 0.228 e. The third-order valence-electron chi connectivity index (χ3n) is 4.08. The van der Waals surface area contributed by atoms with E-state index in [1.165, 1.54) is 0 Å². The lowest BCUT2D eigenvalue weighted by atomic mass is 9.83. The van der Waals surface area contributed by atoms with Gasteiger partial charge in [-0.15, -0.1) is 0 Å². The highest BCUT2D eigenvalue weighted by molar-refractivity contribution is 5.86. The van der Waals surface area contributed by atoms with E-state index in [-0.39, 0.29) is 17.4 Å². The molecule has 18 heavy (non-hydrogen) atoms. The molecule has 1 amide bonds. The van der Waals surface area contributed by atoms with Gasteiger partial charge in [-0.25, -0.2) is 0 Å². The monoisotopic (exact) mass is 241 g/mol. The summed E-state index contributed by atoms with van der Waals surface area (Å²) in [5.74, 6) is 0.106. The Morgan fingerprint density at radius 3 is 2.83 bits per heavy atom. The predicted octanol–water partition coefficient (Wildman–Crippen LogP) is 1.42. The molecular weight excluding hydrogens is 226 g/mol. The molecule has 2 aliphatic heterocycles. The van der Waals surface area contributed by atoms with Crippen LogP contribution in [0.3, 0.4) is 0 Å². The summed E-state index contributed by atoms with van der Waals surface area (Å²) in [6.07, 6.45) is 3.73. The summed E-state index contributed by atoms with van der Waals surface area (Å²) < 4.78 is 0. The van der Waals surface area contributed by atoms with E-state index in [0.29, 0.717) is 13.1 Å². The fourth-order valence-electron chi connectivity index (χ4n) is 3.04. The summed E-state index contributed by atoms with van der Waals surface area (Å²) in [6, 6.07) is 10.1. The van der Waals surface area contributed by atoms with Crippen molar-refractivity contribution < 1.29 is 4.79 Å². The second-order valence-electron chi connectivity index (χ2n) is 5.19. The van der Waals surface area contributed by atoms with Gasteiger partial charge in [0.05, 0.1) is 11.5 Å². The quantitative estimate of drug-likeness (QED) is 0.756. The van der Waals surface area contributed by atoms with Crippen LogP contribution in [-0.2, 0) is 4.79 Å². The number of benzene rings is 1. The lowest BCUT2D eigenvalue weighted by molar-refractivity contribution is -0.127. The lowest BCUT2D eigenvalue weighted by Gasteiger charge is -2.18. The normalized spacial score (nSPS) is 30.5. The van der Waals surface area contributed by atoms with Crippen molar-refractivity contribution in [3.8, 4) is 6.19 Å². The number of nitrogens with zero attached hydrogens (tertiary/aromatic N) is 2. The van der Waals surface area contributed by atoms with Crippen LogP contribution in [0.4, 0.5) is 0 Å². The minimum absolute atomic E-state index is 0.0948. The third-order valence-corrected chi connectivity index (χ3v) is 4.08. The minimum atomic E-state index is -0.351. The average Bonchev–Trinajstić information content (AvgIpc) is 2.97. The van der Waals surface area contributed by atoms with Crippen LogP contribution in [0.5, 0.6) is 0 Å². The highest BCUT2D eigenvalue weighted by Crippen LogP contribution is 2.43. The maximum atomic E-state index is 12.2. The predicted molar refractivity (Wildman–Crippen MR) is 66.2 cm³/mol. The first kappa shape index (κ1) is 11.1. The molecule has 1 aromatic rings. The zero-order valence-electron chi connectivity index (χ0n) is 10.1. The fraction of sp³-hybridized carbons (Fsp3) is 0.429. The summed E-state index contributed by atoms with van der Waals surface area (Å²) in [5.41, 5.74) is 0.800. The van der Waals surface area contributed by atoms with Gasteiger partial charge in [-0.3, -0.25) is 4.79 Å². The summed E-state index contributed by atoms with van der Waals surface area (Å²) in [6.45, 7) is 1.27. The Morgan fingerprint density at radius 2 is 2.17 bits per heavy atom. The molecule has 92 valence electrons. The van der Waals surface area contributed by atoms with Crippen LogP contribution in [0.25, 0.3) is 0 Å². The molecule has 2 heterocycles. The molecule has 0 saturated carbocycles. The third kappa shape index (κ3) is 1.63. The van der Waals surface area contributed by atoms with Gasteiger partial charge < -0.3 is 10.2 Å². The molecule has 1 aromatic carbocycles. The second-order valence-corrected chi connectivity index (χ2v) is 5.19. The van der Waals surface area contributed by atoms with Crippen LogP contribution in [-0.4, -0.2) is 23.9 Å². The van der Waals surface area contributed by atoms with Crippen molar-refractivity contribution in [3.05, 3.63) is 35.9 Å². The molecule has 1 unspecified atom stereocenters. The van der Waals surface area contributed by atoms with Gasteiger partial charge in [0.15, 0.2) is 6.19 Å². The van der Waals surface area contributed by atoms with Gasteiger partial charge >= 0.3 is 0 Å². The number of carbonyl (C=O) groups is 1. The van der Waals surface area contributed by atoms with Crippen LogP contribution in [0.1, 0.15) is 24.4 Å². The summed E-state index contributed by atoms with van der Waals surface area (Å²) in [7, 11) is 0. The maximum absolute atomic E-state index is 12.2. The van der Waals surface area contributed by atoms with Crippen molar-refractivity contribution in [1.82, 2.24) is 10.2 Å². The first-order valence-corrected chi connectivity index (χ1v) is 6.24. The summed E-state index contributed by atoms with van der Waals surface area (Å²) in [4.78, 5) is 13.9. The van der Waals surface area contributed by atoms with Crippen molar-refractivity contribution in [3.63, 3.8) is 0 Å². The molecule has 4 nitrogen and oxygen atoms in total. The van der Waals surface area contributed by atoms with E-state index in [0.717, 1.165) is 18.4 Å². The molecule has 3 rings (SSSR count). The molecule has 1 N–H and O–H groups in total. The number of carbonyl (C=O) groups excluding carboxylic acids is 1. The van der Waals surface area contributed by atoms with Gasteiger partial charge in [0.1, 0.15) is 0 Å². The van der Waals surface area contributed by atoms with Crippen molar-refractivity contribution in [2.45, 2.75) is 18.9 Å². The summed E-state index contributed by atoms with van der Waals surface area (Å²) >= 11 is 0. The van der Waals surface area contributed by atoms with E-state index in [2.05, 4.69) is 11.5 Å². The Labute approximate surface area is 106 Å². The number of rotatable bonds is 1. The van der Waals surface area contributed by atoms with Gasteiger partial charge in [-0.1, -0.05) is 30.3 Å². The molecule has 2 fully saturated rings. The molecule has 2 saturated heterocycles. The van der Waals surface area contributed by atoms with Crippen LogP contribution >= 0.6 is 0 Å². The number of likely N-dealkylation sites (tertiary alicyclic amines) is 1. The van der Waals surface area contributed by atoms with Gasteiger partial charge in [-0.2, -0.15) is 5.26 Å². The Balaban J connectivity index is 1.82. The molecule has 2 aliphatic rings. The van der Waals surface area contributed by atoms with Crippen LogP contribution < -0.4 is 5.32 Å². The molecule has 0 bridgehead atoms. The van der Waals surface area contributed by atoms with Crippen LogP contribution in [0.15, 0.2) is 30.3 Å². The molecular formula is C14H15N3O. The molecule has 2 atom stereocenters. The molecule has 0 radical (unpaired) electrons. The minimum Gasteiger partial charge on any atom is -0.349 e. The highest BCUT2D eigenvalue weighted by Gasteiger charge is 2.51. The van der Waals surface area contributed by atoms with E-state index in [1.54, 1.807) is 4.90 Å². The Morgan fingerprint density at radius 1 is 1.39 bits per heavy atom. The van der Waals surface area contributed by atoms with Crippen LogP contribution in [0.2, 0.25) is 0 Å². The van der Waals surface area contributed by atoms with E-state index in [1.807, 2.05) is 30.3 Å². The number of amides is 1. The number of nitrogens with one attached hydrogen (secondary N) is 1. The van der Waals surface area contributed by atoms with E-state index < -0.39 is 0 Å².